The molecule has 0 saturated heterocycles. The first-order valence-electron chi connectivity index (χ1n) is 6.13. The second-order valence-electron chi connectivity index (χ2n) is 4.27. The Morgan fingerprint density at radius 1 is 1.21 bits per heavy atom. The number of pyridine rings is 1. The van der Waals surface area contributed by atoms with Gasteiger partial charge in [-0.05, 0) is 37.1 Å². The van der Waals surface area contributed by atoms with Gasteiger partial charge in [-0.15, -0.1) is 0 Å². The molecular formula is C14H15NO4. The summed E-state index contributed by atoms with van der Waals surface area (Å²) in [6.45, 7) is 0.488. The maximum absolute atomic E-state index is 11.1. The Bertz CT molecular complexity index is 633. The number of aromatic amines is 1. The number of fused-ring (bicyclic) bond motifs is 1. The molecule has 0 fully saturated rings. The van der Waals surface area contributed by atoms with Gasteiger partial charge in [0.25, 0.3) is 0 Å². The third-order valence-corrected chi connectivity index (χ3v) is 2.75. The van der Waals surface area contributed by atoms with Crippen molar-refractivity contribution in [3.8, 4) is 5.75 Å². The van der Waals surface area contributed by atoms with Crippen molar-refractivity contribution in [2.45, 2.75) is 19.3 Å². The first kappa shape index (κ1) is 13.1. The fraction of sp³-hybridized carbons (Fsp3) is 0.286. The van der Waals surface area contributed by atoms with Crippen LogP contribution in [0.25, 0.3) is 10.9 Å². The highest BCUT2D eigenvalue weighted by Gasteiger charge is 2.00. The monoisotopic (exact) mass is 261 g/mol. The SMILES string of the molecule is O=C(O)CCCCOc1ccc2[nH]c(=O)ccc2c1. The summed E-state index contributed by atoms with van der Waals surface area (Å²) in [7, 11) is 0. The lowest BCUT2D eigenvalue weighted by molar-refractivity contribution is -0.137. The number of hydrogen-bond donors (Lipinski definition) is 2. The van der Waals surface area contributed by atoms with Crippen LogP contribution in [0.2, 0.25) is 0 Å². The zero-order chi connectivity index (χ0) is 13.7. The van der Waals surface area contributed by atoms with E-state index in [1.54, 1.807) is 18.2 Å². The van der Waals surface area contributed by atoms with Crippen LogP contribution >= 0.6 is 0 Å². The van der Waals surface area contributed by atoms with Gasteiger partial charge in [0, 0.05) is 23.4 Å². The van der Waals surface area contributed by atoms with E-state index in [1.807, 2.05) is 6.07 Å². The highest BCUT2D eigenvalue weighted by Crippen LogP contribution is 2.18. The molecule has 0 aliphatic rings. The van der Waals surface area contributed by atoms with Crippen LogP contribution in [0.5, 0.6) is 5.75 Å². The molecule has 0 amide bonds. The number of aliphatic carboxylic acids is 1. The zero-order valence-corrected chi connectivity index (χ0v) is 10.4. The fourth-order valence-corrected chi connectivity index (χ4v) is 1.79. The number of benzene rings is 1. The van der Waals surface area contributed by atoms with Crippen LogP contribution in [-0.4, -0.2) is 22.7 Å². The average Bonchev–Trinajstić information content (AvgIpc) is 2.38. The van der Waals surface area contributed by atoms with Crippen molar-refractivity contribution in [3.05, 3.63) is 40.7 Å². The molecule has 0 bridgehead atoms. The van der Waals surface area contributed by atoms with Gasteiger partial charge in [0.05, 0.1) is 6.61 Å². The van der Waals surface area contributed by atoms with E-state index in [-0.39, 0.29) is 12.0 Å². The number of carbonyl (C=O) groups is 1. The summed E-state index contributed by atoms with van der Waals surface area (Å²) < 4.78 is 5.54. The number of H-pyrrole nitrogens is 1. The predicted molar refractivity (Wildman–Crippen MR) is 71.6 cm³/mol. The number of carboxylic acids is 1. The molecule has 0 spiro atoms. The van der Waals surface area contributed by atoms with Crippen molar-refractivity contribution in [1.29, 1.82) is 0 Å². The molecule has 2 rings (SSSR count). The number of ether oxygens (including phenoxy) is 1. The van der Waals surface area contributed by atoms with Crippen LogP contribution in [-0.2, 0) is 4.79 Å². The van der Waals surface area contributed by atoms with E-state index in [9.17, 15) is 9.59 Å². The molecule has 0 saturated carbocycles. The van der Waals surface area contributed by atoms with Crippen molar-refractivity contribution in [2.75, 3.05) is 6.61 Å². The molecule has 0 atom stereocenters. The van der Waals surface area contributed by atoms with Gasteiger partial charge < -0.3 is 14.8 Å². The minimum Gasteiger partial charge on any atom is -0.494 e. The van der Waals surface area contributed by atoms with Gasteiger partial charge in [0.15, 0.2) is 0 Å². The fourth-order valence-electron chi connectivity index (χ4n) is 1.79. The molecule has 0 radical (unpaired) electrons. The Labute approximate surface area is 109 Å². The van der Waals surface area contributed by atoms with Crippen molar-refractivity contribution in [1.82, 2.24) is 4.98 Å². The normalized spacial score (nSPS) is 10.5. The second kappa shape index (κ2) is 6.04. The molecule has 0 unspecified atom stereocenters. The summed E-state index contributed by atoms with van der Waals surface area (Å²) in [6.07, 6.45) is 1.48. The molecule has 5 nitrogen and oxygen atoms in total. The highest BCUT2D eigenvalue weighted by atomic mass is 16.5. The van der Waals surface area contributed by atoms with E-state index < -0.39 is 5.97 Å². The van der Waals surface area contributed by atoms with Crippen LogP contribution in [0.15, 0.2) is 35.1 Å². The van der Waals surface area contributed by atoms with Gasteiger partial charge in [0.1, 0.15) is 5.75 Å². The molecule has 2 aromatic rings. The lowest BCUT2D eigenvalue weighted by atomic mass is 10.2. The topological polar surface area (TPSA) is 79.4 Å². The van der Waals surface area contributed by atoms with Gasteiger partial charge in [-0.2, -0.15) is 0 Å². The van der Waals surface area contributed by atoms with E-state index in [2.05, 4.69) is 4.98 Å². The molecule has 0 aliphatic carbocycles. The van der Waals surface area contributed by atoms with Crippen LogP contribution < -0.4 is 10.3 Å². The van der Waals surface area contributed by atoms with E-state index in [0.29, 0.717) is 19.4 Å². The maximum atomic E-state index is 11.1. The Kier molecular flexibility index (Phi) is 4.18. The first-order chi connectivity index (χ1) is 9.15. The Balaban J connectivity index is 1.92. The smallest absolute Gasteiger partial charge is 0.303 e. The zero-order valence-electron chi connectivity index (χ0n) is 10.4. The van der Waals surface area contributed by atoms with Gasteiger partial charge in [0.2, 0.25) is 5.56 Å². The van der Waals surface area contributed by atoms with Crippen molar-refractivity contribution in [3.63, 3.8) is 0 Å². The number of aromatic nitrogens is 1. The molecule has 19 heavy (non-hydrogen) atoms. The van der Waals surface area contributed by atoms with Crippen LogP contribution in [0, 0.1) is 0 Å². The largest absolute Gasteiger partial charge is 0.494 e. The van der Waals surface area contributed by atoms with Crippen molar-refractivity contribution < 1.29 is 14.6 Å². The summed E-state index contributed by atoms with van der Waals surface area (Å²) in [5.74, 6) is -0.0652. The van der Waals surface area contributed by atoms with E-state index in [0.717, 1.165) is 16.7 Å². The third-order valence-electron chi connectivity index (χ3n) is 2.75. The van der Waals surface area contributed by atoms with E-state index >= 15 is 0 Å². The summed E-state index contributed by atoms with van der Waals surface area (Å²) in [4.78, 5) is 24.2. The van der Waals surface area contributed by atoms with Crippen molar-refractivity contribution >= 4 is 16.9 Å². The third kappa shape index (κ3) is 3.84. The average molecular weight is 261 g/mol. The quantitative estimate of drug-likeness (QED) is 0.781. The van der Waals surface area contributed by atoms with E-state index in [1.165, 1.54) is 6.07 Å². The summed E-state index contributed by atoms with van der Waals surface area (Å²) in [6, 6.07) is 8.64. The summed E-state index contributed by atoms with van der Waals surface area (Å²) in [5, 5.41) is 9.41. The van der Waals surface area contributed by atoms with Crippen molar-refractivity contribution in [2.24, 2.45) is 0 Å². The number of rotatable bonds is 6. The number of nitrogens with one attached hydrogen (secondary N) is 1. The molecule has 1 aromatic carbocycles. The lowest BCUT2D eigenvalue weighted by Crippen LogP contribution is -2.03. The van der Waals surface area contributed by atoms with Crippen LogP contribution in [0.1, 0.15) is 19.3 Å². The van der Waals surface area contributed by atoms with Gasteiger partial charge in [-0.3, -0.25) is 9.59 Å². The number of carboxylic acid groups (broad SMARTS) is 1. The van der Waals surface area contributed by atoms with Gasteiger partial charge in [-0.25, -0.2) is 0 Å². The lowest BCUT2D eigenvalue weighted by Gasteiger charge is -2.06. The second-order valence-corrected chi connectivity index (χ2v) is 4.27. The Hall–Kier alpha value is -2.30. The molecule has 2 N–H and O–H groups in total. The molecule has 5 heteroatoms. The molecule has 100 valence electrons. The van der Waals surface area contributed by atoms with E-state index in [4.69, 9.17) is 9.84 Å². The predicted octanol–water partition coefficient (Wildman–Crippen LogP) is 2.16. The first-order valence-corrected chi connectivity index (χ1v) is 6.13. The van der Waals surface area contributed by atoms with Gasteiger partial charge >= 0.3 is 5.97 Å². The summed E-state index contributed by atoms with van der Waals surface area (Å²) >= 11 is 0. The minimum atomic E-state index is -0.783. The van der Waals surface area contributed by atoms with Crippen LogP contribution in [0.3, 0.4) is 0 Å². The Morgan fingerprint density at radius 3 is 2.84 bits per heavy atom. The van der Waals surface area contributed by atoms with Gasteiger partial charge in [-0.1, -0.05) is 0 Å². The number of hydrogen-bond acceptors (Lipinski definition) is 3. The molecule has 0 aliphatic heterocycles. The Morgan fingerprint density at radius 2 is 2.05 bits per heavy atom. The highest BCUT2D eigenvalue weighted by molar-refractivity contribution is 5.79. The maximum Gasteiger partial charge on any atom is 0.303 e. The number of unbranched alkanes of at least 4 members (excludes halogenated alkanes) is 1. The minimum absolute atomic E-state index is 0.130. The molecule has 1 heterocycles. The molecule has 1 aromatic heterocycles. The van der Waals surface area contributed by atoms with Crippen LogP contribution in [0.4, 0.5) is 0 Å². The standard InChI is InChI=1S/C14H15NO4/c16-13-7-4-10-9-11(5-6-12(10)15-13)19-8-2-1-3-14(17)18/h4-7,9H,1-3,8H2,(H,15,16)(H,17,18). The summed E-state index contributed by atoms with van der Waals surface area (Å²) in [5.41, 5.74) is 0.639. The molecular weight excluding hydrogens is 246 g/mol.